The van der Waals surface area contributed by atoms with Gasteiger partial charge in [0, 0.05) is 11.4 Å². The highest BCUT2D eigenvalue weighted by atomic mass is 127. The fourth-order valence-electron chi connectivity index (χ4n) is 2.20. The molecule has 1 heterocycles. The average Bonchev–Trinajstić information content (AvgIpc) is 3.10. The van der Waals surface area contributed by atoms with Gasteiger partial charge < -0.3 is 15.4 Å². The molecule has 0 aliphatic rings. The van der Waals surface area contributed by atoms with Gasteiger partial charge in [-0.05, 0) is 29.5 Å². The van der Waals surface area contributed by atoms with E-state index < -0.39 is 12.8 Å². The molecule has 0 saturated carbocycles. The lowest BCUT2D eigenvalue weighted by molar-refractivity contribution is -0.176. The SMILES string of the molecule is CCNC(=NCc1cccc(COCC(F)(F)F)c1)NCc1cccs1.I. The van der Waals surface area contributed by atoms with Gasteiger partial charge in [0.15, 0.2) is 5.96 Å². The van der Waals surface area contributed by atoms with Crippen molar-refractivity contribution >= 4 is 41.3 Å². The summed E-state index contributed by atoms with van der Waals surface area (Å²) in [6, 6.07) is 11.3. The van der Waals surface area contributed by atoms with E-state index in [1.165, 1.54) is 4.88 Å². The third kappa shape index (κ3) is 9.96. The number of thiophene rings is 1. The van der Waals surface area contributed by atoms with Crippen molar-refractivity contribution in [3.63, 3.8) is 0 Å². The molecule has 0 radical (unpaired) electrons. The number of halogens is 4. The maximum absolute atomic E-state index is 12.1. The first kappa shape index (κ1) is 23.7. The van der Waals surface area contributed by atoms with Crippen LogP contribution >= 0.6 is 35.3 Å². The van der Waals surface area contributed by atoms with Crippen LogP contribution in [0.15, 0.2) is 46.8 Å². The number of hydrogen-bond donors (Lipinski definition) is 2. The highest BCUT2D eigenvalue weighted by molar-refractivity contribution is 14.0. The smallest absolute Gasteiger partial charge is 0.367 e. The van der Waals surface area contributed by atoms with E-state index in [9.17, 15) is 13.2 Å². The quantitative estimate of drug-likeness (QED) is 0.306. The van der Waals surface area contributed by atoms with Crippen molar-refractivity contribution in [2.24, 2.45) is 4.99 Å². The minimum Gasteiger partial charge on any atom is -0.367 e. The Morgan fingerprint density at radius 1 is 1.15 bits per heavy atom. The molecule has 1 aromatic heterocycles. The zero-order valence-electron chi connectivity index (χ0n) is 14.9. The number of hydrogen-bond acceptors (Lipinski definition) is 3. The van der Waals surface area contributed by atoms with Crippen LogP contribution in [0.2, 0.25) is 0 Å². The van der Waals surface area contributed by atoms with Crippen molar-refractivity contribution in [2.75, 3.05) is 13.2 Å². The van der Waals surface area contributed by atoms with E-state index in [0.717, 1.165) is 12.1 Å². The molecule has 0 aliphatic carbocycles. The fourth-order valence-corrected chi connectivity index (χ4v) is 2.84. The molecule has 150 valence electrons. The van der Waals surface area contributed by atoms with E-state index in [0.29, 0.717) is 24.6 Å². The average molecular weight is 513 g/mol. The first-order valence-electron chi connectivity index (χ1n) is 8.23. The van der Waals surface area contributed by atoms with Crippen LogP contribution in [0.25, 0.3) is 0 Å². The third-order valence-corrected chi connectivity index (χ3v) is 4.18. The molecule has 0 bridgehead atoms. The molecular weight excluding hydrogens is 490 g/mol. The fraction of sp³-hybridized carbons (Fsp3) is 0.389. The van der Waals surface area contributed by atoms with Crippen molar-refractivity contribution in [1.29, 1.82) is 0 Å². The predicted octanol–water partition coefficient (Wildman–Crippen LogP) is 4.70. The Morgan fingerprint density at radius 3 is 2.59 bits per heavy atom. The Morgan fingerprint density at radius 2 is 1.93 bits per heavy atom. The Labute approximate surface area is 178 Å². The minimum atomic E-state index is -4.31. The second-order valence-electron chi connectivity index (χ2n) is 5.56. The molecule has 27 heavy (non-hydrogen) atoms. The molecule has 0 saturated heterocycles. The first-order valence-corrected chi connectivity index (χ1v) is 9.11. The molecule has 0 aliphatic heterocycles. The summed E-state index contributed by atoms with van der Waals surface area (Å²) < 4.78 is 41.1. The van der Waals surface area contributed by atoms with Gasteiger partial charge in [-0.25, -0.2) is 4.99 Å². The van der Waals surface area contributed by atoms with Crippen molar-refractivity contribution in [3.8, 4) is 0 Å². The van der Waals surface area contributed by atoms with Crippen LogP contribution in [0.3, 0.4) is 0 Å². The zero-order valence-corrected chi connectivity index (χ0v) is 18.0. The summed E-state index contributed by atoms with van der Waals surface area (Å²) >= 11 is 1.67. The van der Waals surface area contributed by atoms with Gasteiger partial charge in [0.1, 0.15) is 6.61 Å². The van der Waals surface area contributed by atoms with E-state index in [4.69, 9.17) is 4.74 Å². The summed E-state index contributed by atoms with van der Waals surface area (Å²) in [5.41, 5.74) is 1.60. The van der Waals surface area contributed by atoms with Crippen LogP contribution in [0.1, 0.15) is 22.9 Å². The summed E-state index contributed by atoms with van der Waals surface area (Å²) in [4.78, 5) is 5.73. The molecular formula is C18H23F3IN3OS. The molecule has 2 rings (SSSR count). The van der Waals surface area contributed by atoms with E-state index in [1.807, 2.05) is 36.6 Å². The van der Waals surface area contributed by atoms with Gasteiger partial charge in [-0.2, -0.15) is 13.2 Å². The number of rotatable bonds is 8. The molecule has 4 nitrogen and oxygen atoms in total. The third-order valence-electron chi connectivity index (χ3n) is 3.30. The Kier molecular flexibility index (Phi) is 10.7. The lowest BCUT2D eigenvalue weighted by Gasteiger charge is -2.11. The monoisotopic (exact) mass is 513 g/mol. The summed E-state index contributed by atoms with van der Waals surface area (Å²) in [7, 11) is 0. The number of nitrogens with zero attached hydrogens (tertiary/aromatic N) is 1. The Hall–Kier alpha value is -1.33. The molecule has 0 spiro atoms. The molecule has 0 fully saturated rings. The number of ether oxygens (including phenoxy) is 1. The van der Waals surface area contributed by atoms with Gasteiger partial charge in [0.25, 0.3) is 0 Å². The lowest BCUT2D eigenvalue weighted by Crippen LogP contribution is -2.36. The lowest BCUT2D eigenvalue weighted by atomic mass is 10.1. The Bertz CT molecular complexity index is 693. The van der Waals surface area contributed by atoms with Crippen molar-refractivity contribution in [2.45, 2.75) is 32.8 Å². The molecule has 0 atom stereocenters. The largest absolute Gasteiger partial charge is 0.411 e. The normalized spacial score (nSPS) is 11.8. The topological polar surface area (TPSA) is 45.7 Å². The van der Waals surface area contributed by atoms with Crippen LogP contribution in [-0.2, 0) is 24.4 Å². The van der Waals surface area contributed by atoms with Gasteiger partial charge in [0.2, 0.25) is 0 Å². The number of benzene rings is 1. The van der Waals surface area contributed by atoms with Crippen LogP contribution < -0.4 is 10.6 Å². The molecule has 9 heteroatoms. The van der Waals surface area contributed by atoms with Crippen LogP contribution in [0.4, 0.5) is 13.2 Å². The van der Waals surface area contributed by atoms with E-state index in [2.05, 4.69) is 15.6 Å². The van der Waals surface area contributed by atoms with E-state index in [-0.39, 0.29) is 30.6 Å². The van der Waals surface area contributed by atoms with Crippen molar-refractivity contribution in [3.05, 3.63) is 57.8 Å². The van der Waals surface area contributed by atoms with Gasteiger partial charge in [0.05, 0.1) is 19.7 Å². The zero-order chi connectivity index (χ0) is 18.8. The van der Waals surface area contributed by atoms with Gasteiger partial charge in [-0.1, -0.05) is 30.3 Å². The minimum absolute atomic E-state index is 0. The van der Waals surface area contributed by atoms with Gasteiger partial charge in [-0.3, -0.25) is 0 Å². The molecule has 1 aromatic carbocycles. The molecule has 0 unspecified atom stereocenters. The number of alkyl halides is 3. The van der Waals surface area contributed by atoms with Crippen LogP contribution in [0.5, 0.6) is 0 Å². The van der Waals surface area contributed by atoms with Gasteiger partial charge in [-0.15, -0.1) is 35.3 Å². The van der Waals surface area contributed by atoms with E-state index in [1.54, 1.807) is 23.5 Å². The van der Waals surface area contributed by atoms with Crippen LogP contribution in [-0.4, -0.2) is 25.3 Å². The van der Waals surface area contributed by atoms with Crippen molar-refractivity contribution < 1.29 is 17.9 Å². The van der Waals surface area contributed by atoms with Crippen LogP contribution in [0, 0.1) is 0 Å². The molecule has 0 amide bonds. The van der Waals surface area contributed by atoms with Crippen molar-refractivity contribution in [1.82, 2.24) is 10.6 Å². The number of nitrogens with one attached hydrogen (secondary N) is 2. The number of guanidine groups is 1. The highest BCUT2D eigenvalue weighted by Crippen LogP contribution is 2.16. The molecule has 2 N–H and O–H groups in total. The second kappa shape index (κ2) is 12.2. The summed E-state index contributed by atoms with van der Waals surface area (Å²) in [5.74, 6) is 0.694. The van der Waals surface area contributed by atoms with Gasteiger partial charge >= 0.3 is 6.18 Å². The second-order valence-corrected chi connectivity index (χ2v) is 6.59. The maximum Gasteiger partial charge on any atom is 0.411 e. The summed E-state index contributed by atoms with van der Waals surface area (Å²) in [6.07, 6.45) is -4.31. The summed E-state index contributed by atoms with van der Waals surface area (Å²) in [6.45, 7) is 2.52. The first-order chi connectivity index (χ1) is 12.5. The Balaban J connectivity index is 0.00000364. The summed E-state index contributed by atoms with van der Waals surface area (Å²) in [5, 5.41) is 8.45. The van der Waals surface area contributed by atoms with E-state index >= 15 is 0 Å². The standard InChI is InChI=1S/C18H22F3N3OS.HI/c1-2-22-17(24-11-16-7-4-8-26-16)23-10-14-5-3-6-15(9-14)12-25-13-18(19,20)21;/h3-9H,2,10-13H2,1H3,(H2,22,23,24);1H. The number of aliphatic imine (C=N–C) groups is 1. The maximum atomic E-state index is 12.1. The highest BCUT2D eigenvalue weighted by Gasteiger charge is 2.27. The predicted molar refractivity (Wildman–Crippen MR) is 114 cm³/mol. The molecule has 2 aromatic rings.